The van der Waals surface area contributed by atoms with Gasteiger partial charge in [0.1, 0.15) is 0 Å². The molecular weight excluding hydrogens is 294 g/mol. The number of H-pyrrole nitrogens is 1. The van der Waals surface area contributed by atoms with E-state index >= 15 is 0 Å². The van der Waals surface area contributed by atoms with Crippen LogP contribution in [0.15, 0.2) is 42.7 Å². The van der Waals surface area contributed by atoms with Crippen molar-refractivity contribution in [1.82, 2.24) is 20.5 Å². The number of anilines is 1. The second-order valence-corrected chi connectivity index (χ2v) is 4.92. The summed E-state index contributed by atoms with van der Waals surface area (Å²) in [4.78, 5) is 16.1. The van der Waals surface area contributed by atoms with Gasteiger partial charge in [-0.3, -0.25) is 5.10 Å². The van der Waals surface area contributed by atoms with Gasteiger partial charge in [-0.15, -0.1) is 0 Å². The number of rotatable bonds is 5. The molecule has 7 nitrogen and oxygen atoms in total. The molecule has 1 aromatic carbocycles. The summed E-state index contributed by atoms with van der Waals surface area (Å²) in [6, 6.07) is 8.91. The first-order valence-electron chi connectivity index (χ1n) is 7.30. The van der Waals surface area contributed by atoms with E-state index in [1.54, 1.807) is 18.5 Å². The van der Waals surface area contributed by atoms with Gasteiger partial charge in [0.2, 0.25) is 5.88 Å². The van der Waals surface area contributed by atoms with Gasteiger partial charge in [-0.2, -0.15) is 5.10 Å². The van der Waals surface area contributed by atoms with E-state index in [9.17, 15) is 4.79 Å². The number of nitrogens with zero attached hydrogens (tertiary/aromatic N) is 2. The van der Waals surface area contributed by atoms with Crippen molar-refractivity contribution in [1.29, 1.82) is 0 Å². The Morgan fingerprint density at radius 2 is 2.22 bits per heavy atom. The molecule has 7 heteroatoms. The number of hydrogen-bond donors (Lipinski definition) is 3. The van der Waals surface area contributed by atoms with E-state index in [4.69, 9.17) is 4.74 Å². The van der Waals surface area contributed by atoms with Crippen LogP contribution in [0.4, 0.5) is 10.5 Å². The molecule has 0 fully saturated rings. The first kappa shape index (κ1) is 14.8. The normalized spacial score (nSPS) is 10.5. The molecule has 0 radical (unpaired) electrons. The largest absolute Gasteiger partial charge is 0.478 e. The molecule has 118 valence electrons. The van der Waals surface area contributed by atoms with Crippen LogP contribution in [-0.4, -0.2) is 27.8 Å². The second-order valence-electron chi connectivity index (χ2n) is 4.92. The van der Waals surface area contributed by atoms with E-state index < -0.39 is 0 Å². The average molecular weight is 311 g/mol. The number of hydrogen-bond acceptors (Lipinski definition) is 4. The quantitative estimate of drug-likeness (QED) is 0.675. The van der Waals surface area contributed by atoms with Crippen molar-refractivity contribution in [2.24, 2.45) is 0 Å². The van der Waals surface area contributed by atoms with Crippen molar-refractivity contribution in [2.45, 2.75) is 13.5 Å². The molecule has 0 saturated carbocycles. The smallest absolute Gasteiger partial charge is 0.319 e. The summed E-state index contributed by atoms with van der Waals surface area (Å²) in [6.45, 7) is 2.85. The molecule has 3 aromatic rings. The number of amides is 2. The molecule has 2 aromatic heterocycles. The van der Waals surface area contributed by atoms with Crippen LogP contribution < -0.4 is 15.4 Å². The maximum atomic E-state index is 12.0. The van der Waals surface area contributed by atoms with Crippen LogP contribution in [0, 0.1) is 0 Å². The number of ether oxygens (including phenoxy) is 1. The highest BCUT2D eigenvalue weighted by Gasteiger charge is 2.04. The molecule has 0 bridgehead atoms. The molecular formula is C16H17N5O2. The second kappa shape index (κ2) is 6.78. The van der Waals surface area contributed by atoms with Gasteiger partial charge in [0.05, 0.1) is 18.3 Å². The fourth-order valence-electron chi connectivity index (χ4n) is 2.17. The number of benzene rings is 1. The predicted octanol–water partition coefficient (Wildman–Crippen LogP) is 2.68. The van der Waals surface area contributed by atoms with Crippen LogP contribution in [0.2, 0.25) is 0 Å². The average Bonchev–Trinajstić information content (AvgIpc) is 3.01. The summed E-state index contributed by atoms with van der Waals surface area (Å²) in [5.41, 5.74) is 2.56. The molecule has 2 heterocycles. The van der Waals surface area contributed by atoms with Gasteiger partial charge in [0.15, 0.2) is 0 Å². The van der Waals surface area contributed by atoms with Crippen molar-refractivity contribution in [2.75, 3.05) is 11.9 Å². The lowest BCUT2D eigenvalue weighted by Gasteiger charge is -2.09. The Kier molecular flexibility index (Phi) is 4.37. The van der Waals surface area contributed by atoms with E-state index in [0.717, 1.165) is 16.5 Å². The minimum absolute atomic E-state index is 0.275. The standard InChI is InChI=1S/C16H17N5O2/c1-2-23-15-7-11(5-6-17-15)9-18-16(22)20-13-3-4-14-12(8-13)10-19-21-14/h3-8,10H,2,9H2,1H3,(H,19,21)(H2,18,20,22). The number of fused-ring (bicyclic) bond motifs is 1. The third-order valence-corrected chi connectivity index (χ3v) is 3.24. The Labute approximate surface area is 133 Å². The van der Waals surface area contributed by atoms with Crippen molar-refractivity contribution >= 4 is 22.6 Å². The lowest BCUT2D eigenvalue weighted by atomic mass is 10.2. The van der Waals surface area contributed by atoms with Crippen LogP contribution in [-0.2, 0) is 6.54 Å². The van der Waals surface area contributed by atoms with Gasteiger partial charge in [0, 0.05) is 29.9 Å². The zero-order chi connectivity index (χ0) is 16.1. The Balaban J connectivity index is 1.57. The molecule has 0 atom stereocenters. The van der Waals surface area contributed by atoms with Crippen molar-refractivity contribution in [3.8, 4) is 5.88 Å². The van der Waals surface area contributed by atoms with E-state index in [1.807, 2.05) is 31.2 Å². The SMILES string of the molecule is CCOc1cc(CNC(=O)Nc2ccc3[nH]ncc3c2)ccn1. The van der Waals surface area contributed by atoms with Gasteiger partial charge >= 0.3 is 6.03 Å². The molecule has 0 saturated heterocycles. The predicted molar refractivity (Wildman–Crippen MR) is 87.4 cm³/mol. The monoisotopic (exact) mass is 311 g/mol. The summed E-state index contributed by atoms with van der Waals surface area (Å²) >= 11 is 0. The zero-order valence-electron chi connectivity index (χ0n) is 12.7. The third kappa shape index (κ3) is 3.76. The van der Waals surface area contributed by atoms with Gasteiger partial charge in [-0.1, -0.05) is 0 Å². The van der Waals surface area contributed by atoms with Crippen molar-refractivity contribution < 1.29 is 9.53 Å². The van der Waals surface area contributed by atoms with Crippen molar-refractivity contribution in [3.05, 3.63) is 48.3 Å². The Hall–Kier alpha value is -3.09. The van der Waals surface area contributed by atoms with Crippen LogP contribution in [0.3, 0.4) is 0 Å². The number of nitrogens with one attached hydrogen (secondary N) is 3. The summed E-state index contributed by atoms with van der Waals surface area (Å²) in [5, 5.41) is 13.4. The van der Waals surface area contributed by atoms with Crippen LogP contribution in [0.1, 0.15) is 12.5 Å². The summed E-state index contributed by atoms with van der Waals surface area (Å²) in [6.07, 6.45) is 3.37. The molecule has 0 aliphatic carbocycles. The van der Waals surface area contributed by atoms with E-state index in [-0.39, 0.29) is 6.03 Å². The fourth-order valence-corrected chi connectivity index (χ4v) is 2.17. The van der Waals surface area contributed by atoms with Crippen LogP contribution in [0.5, 0.6) is 5.88 Å². The third-order valence-electron chi connectivity index (χ3n) is 3.24. The first-order valence-corrected chi connectivity index (χ1v) is 7.30. The highest BCUT2D eigenvalue weighted by Crippen LogP contribution is 2.16. The number of urea groups is 1. The maximum Gasteiger partial charge on any atom is 0.319 e. The van der Waals surface area contributed by atoms with E-state index in [1.165, 1.54) is 0 Å². The van der Waals surface area contributed by atoms with Crippen LogP contribution in [0.25, 0.3) is 10.9 Å². The molecule has 0 spiro atoms. The number of carbonyl (C=O) groups excluding carboxylic acids is 1. The van der Waals surface area contributed by atoms with Gasteiger partial charge in [-0.25, -0.2) is 9.78 Å². The molecule has 3 rings (SSSR count). The van der Waals surface area contributed by atoms with Gasteiger partial charge in [0.25, 0.3) is 0 Å². The van der Waals surface area contributed by atoms with Crippen LogP contribution >= 0.6 is 0 Å². The minimum atomic E-state index is -0.275. The molecule has 0 aliphatic rings. The van der Waals surface area contributed by atoms with E-state index in [0.29, 0.717) is 24.7 Å². The topological polar surface area (TPSA) is 91.9 Å². The molecule has 0 aliphatic heterocycles. The highest BCUT2D eigenvalue weighted by molar-refractivity contribution is 5.92. The fraction of sp³-hybridized carbons (Fsp3) is 0.188. The Bertz CT molecular complexity index is 815. The Morgan fingerprint density at radius 1 is 1.30 bits per heavy atom. The number of aromatic amines is 1. The Morgan fingerprint density at radius 3 is 3.09 bits per heavy atom. The minimum Gasteiger partial charge on any atom is -0.478 e. The summed E-state index contributed by atoms with van der Waals surface area (Å²) in [7, 11) is 0. The lowest BCUT2D eigenvalue weighted by molar-refractivity contribution is 0.251. The summed E-state index contributed by atoms with van der Waals surface area (Å²) < 4.78 is 5.33. The number of pyridine rings is 1. The molecule has 3 N–H and O–H groups in total. The highest BCUT2D eigenvalue weighted by atomic mass is 16.5. The van der Waals surface area contributed by atoms with Crippen molar-refractivity contribution in [3.63, 3.8) is 0 Å². The molecule has 0 unspecified atom stereocenters. The molecule has 23 heavy (non-hydrogen) atoms. The molecule has 2 amide bonds. The summed E-state index contributed by atoms with van der Waals surface area (Å²) in [5.74, 6) is 0.553. The zero-order valence-corrected chi connectivity index (χ0v) is 12.7. The van der Waals surface area contributed by atoms with Gasteiger partial charge in [-0.05, 0) is 36.8 Å². The first-order chi connectivity index (χ1) is 11.2. The lowest BCUT2D eigenvalue weighted by Crippen LogP contribution is -2.28. The van der Waals surface area contributed by atoms with Gasteiger partial charge < -0.3 is 15.4 Å². The maximum absolute atomic E-state index is 12.0. The number of carbonyl (C=O) groups is 1. The number of aromatic nitrogens is 3. The van der Waals surface area contributed by atoms with E-state index in [2.05, 4.69) is 25.8 Å².